The number of carbonyl (C=O) groups excluding carboxylic acids is 2. The fourth-order valence-corrected chi connectivity index (χ4v) is 4.26. The summed E-state index contributed by atoms with van der Waals surface area (Å²) in [7, 11) is 0. The van der Waals surface area contributed by atoms with Crippen LogP contribution in [0, 0.1) is 5.92 Å². The highest BCUT2D eigenvalue weighted by atomic mass is 16.5. The van der Waals surface area contributed by atoms with Crippen LogP contribution in [0.2, 0.25) is 0 Å². The number of amides is 2. The number of likely N-dealkylation sites (tertiary alicyclic amines) is 1. The molecule has 176 valence electrons. The van der Waals surface area contributed by atoms with E-state index in [1.807, 2.05) is 24.0 Å². The van der Waals surface area contributed by atoms with Gasteiger partial charge in [0.05, 0.1) is 25.7 Å². The molecule has 1 unspecified atom stereocenters. The average molecular weight is 454 g/mol. The molecule has 0 bridgehead atoms. The van der Waals surface area contributed by atoms with Crippen molar-refractivity contribution in [1.82, 2.24) is 14.8 Å². The molecule has 2 aromatic rings. The zero-order chi connectivity index (χ0) is 23.0. The second-order valence-corrected chi connectivity index (χ2v) is 8.27. The predicted molar refractivity (Wildman–Crippen MR) is 122 cm³/mol. The first-order valence-corrected chi connectivity index (χ1v) is 11.6. The number of carbonyl (C=O) groups is 2. The first-order valence-electron chi connectivity index (χ1n) is 11.6. The Kier molecular flexibility index (Phi) is 7.78. The van der Waals surface area contributed by atoms with E-state index in [0.29, 0.717) is 69.7 Å². The van der Waals surface area contributed by atoms with Crippen molar-refractivity contribution in [3.63, 3.8) is 0 Å². The van der Waals surface area contributed by atoms with Gasteiger partial charge in [-0.15, -0.1) is 0 Å². The summed E-state index contributed by atoms with van der Waals surface area (Å²) in [6.45, 7) is 6.22. The third-order valence-electron chi connectivity index (χ3n) is 5.99. The number of hydrogen-bond acceptors (Lipinski definition) is 6. The van der Waals surface area contributed by atoms with E-state index in [0.717, 1.165) is 18.4 Å². The fraction of sp³-hybridized carbons (Fsp3) is 0.480. The molecule has 0 N–H and O–H groups in total. The van der Waals surface area contributed by atoms with Gasteiger partial charge in [0.15, 0.2) is 11.5 Å². The van der Waals surface area contributed by atoms with Crippen LogP contribution in [0.3, 0.4) is 0 Å². The van der Waals surface area contributed by atoms with E-state index in [2.05, 4.69) is 4.98 Å². The SMILES string of the molecule is CCOc1cc(C(=O)N2CCCC(C(=O)N3CCOCC3)C2)ccc1OCc1cccnc1. The normalized spacial score (nSPS) is 18.6. The maximum Gasteiger partial charge on any atom is 0.254 e. The Morgan fingerprint density at radius 3 is 2.70 bits per heavy atom. The number of pyridine rings is 1. The minimum atomic E-state index is -0.158. The number of ether oxygens (including phenoxy) is 3. The highest BCUT2D eigenvalue weighted by Crippen LogP contribution is 2.30. The predicted octanol–water partition coefficient (Wildman–Crippen LogP) is 2.77. The number of nitrogens with zero attached hydrogens (tertiary/aromatic N) is 3. The summed E-state index contributed by atoms with van der Waals surface area (Å²) >= 11 is 0. The molecular formula is C25H31N3O5. The molecule has 1 aromatic heterocycles. The lowest BCUT2D eigenvalue weighted by Crippen LogP contribution is -2.49. The summed E-state index contributed by atoms with van der Waals surface area (Å²) in [6.07, 6.45) is 5.10. The van der Waals surface area contributed by atoms with Crippen LogP contribution >= 0.6 is 0 Å². The number of benzene rings is 1. The molecule has 4 rings (SSSR count). The molecular weight excluding hydrogens is 422 g/mol. The average Bonchev–Trinajstić information content (AvgIpc) is 2.88. The van der Waals surface area contributed by atoms with Crippen molar-refractivity contribution in [1.29, 1.82) is 0 Å². The molecule has 2 fully saturated rings. The van der Waals surface area contributed by atoms with Crippen LogP contribution in [0.4, 0.5) is 0 Å². The standard InChI is InChI=1S/C25H31N3O5/c1-2-32-23-15-20(7-8-22(23)33-18-19-5-3-9-26-16-19)24(29)28-10-4-6-21(17-28)25(30)27-11-13-31-14-12-27/h3,5,7-9,15-16,21H,2,4,6,10-14,17-18H2,1H3. The largest absolute Gasteiger partial charge is 0.490 e. The Labute approximate surface area is 194 Å². The number of rotatable bonds is 7. The highest BCUT2D eigenvalue weighted by Gasteiger charge is 2.32. The van der Waals surface area contributed by atoms with Crippen molar-refractivity contribution < 1.29 is 23.8 Å². The topological polar surface area (TPSA) is 81.2 Å². The maximum absolute atomic E-state index is 13.3. The summed E-state index contributed by atoms with van der Waals surface area (Å²) in [5.41, 5.74) is 1.48. The van der Waals surface area contributed by atoms with E-state index in [1.165, 1.54) is 0 Å². The van der Waals surface area contributed by atoms with Gasteiger partial charge in [0.25, 0.3) is 5.91 Å². The Hall–Kier alpha value is -3.13. The number of piperidine rings is 1. The zero-order valence-corrected chi connectivity index (χ0v) is 19.1. The van der Waals surface area contributed by atoms with Crippen LogP contribution in [0.15, 0.2) is 42.7 Å². The van der Waals surface area contributed by atoms with E-state index < -0.39 is 0 Å². The maximum atomic E-state index is 13.3. The smallest absolute Gasteiger partial charge is 0.254 e. The van der Waals surface area contributed by atoms with Crippen molar-refractivity contribution in [2.24, 2.45) is 5.92 Å². The van der Waals surface area contributed by atoms with Crippen molar-refractivity contribution in [2.45, 2.75) is 26.4 Å². The second kappa shape index (κ2) is 11.1. The summed E-state index contributed by atoms with van der Waals surface area (Å²) in [5.74, 6) is 0.995. The van der Waals surface area contributed by atoms with E-state index in [-0.39, 0.29) is 17.7 Å². The van der Waals surface area contributed by atoms with Gasteiger partial charge in [0.1, 0.15) is 6.61 Å². The lowest BCUT2D eigenvalue weighted by Gasteiger charge is -2.36. The van der Waals surface area contributed by atoms with Crippen molar-refractivity contribution in [2.75, 3.05) is 46.0 Å². The Balaban J connectivity index is 1.43. The van der Waals surface area contributed by atoms with Crippen LogP contribution in [0.25, 0.3) is 0 Å². The van der Waals surface area contributed by atoms with Gasteiger partial charge in [0.2, 0.25) is 5.91 Å². The Bertz CT molecular complexity index is 946. The molecule has 0 spiro atoms. The Morgan fingerprint density at radius 1 is 1.09 bits per heavy atom. The van der Waals surface area contributed by atoms with Crippen molar-refractivity contribution in [3.05, 3.63) is 53.9 Å². The molecule has 8 heteroatoms. The molecule has 0 aliphatic carbocycles. The van der Waals surface area contributed by atoms with Crippen LogP contribution in [0.5, 0.6) is 11.5 Å². The molecule has 2 aliphatic rings. The van der Waals surface area contributed by atoms with E-state index in [4.69, 9.17) is 14.2 Å². The summed E-state index contributed by atoms with van der Waals surface area (Å²) in [5, 5.41) is 0. The van der Waals surface area contributed by atoms with Gasteiger partial charge >= 0.3 is 0 Å². The lowest BCUT2D eigenvalue weighted by atomic mass is 9.95. The molecule has 0 radical (unpaired) electrons. The molecule has 8 nitrogen and oxygen atoms in total. The van der Waals surface area contributed by atoms with E-state index >= 15 is 0 Å². The summed E-state index contributed by atoms with van der Waals surface area (Å²) in [6, 6.07) is 9.07. The third kappa shape index (κ3) is 5.82. The molecule has 1 atom stereocenters. The molecule has 2 amide bonds. The second-order valence-electron chi connectivity index (χ2n) is 8.27. The molecule has 2 saturated heterocycles. The minimum Gasteiger partial charge on any atom is -0.490 e. The first-order chi connectivity index (χ1) is 16.2. The van der Waals surface area contributed by atoms with Crippen LogP contribution in [0.1, 0.15) is 35.7 Å². The van der Waals surface area contributed by atoms with E-state index in [1.54, 1.807) is 35.5 Å². The first kappa shape index (κ1) is 23.0. The van der Waals surface area contributed by atoms with Gasteiger partial charge in [0, 0.05) is 49.7 Å². The molecule has 33 heavy (non-hydrogen) atoms. The molecule has 1 aromatic carbocycles. The highest BCUT2D eigenvalue weighted by molar-refractivity contribution is 5.95. The van der Waals surface area contributed by atoms with Crippen molar-refractivity contribution in [3.8, 4) is 11.5 Å². The number of hydrogen-bond donors (Lipinski definition) is 0. The fourth-order valence-electron chi connectivity index (χ4n) is 4.26. The van der Waals surface area contributed by atoms with Gasteiger partial charge in [-0.05, 0) is 44.0 Å². The van der Waals surface area contributed by atoms with Crippen LogP contribution in [-0.2, 0) is 16.1 Å². The zero-order valence-electron chi connectivity index (χ0n) is 19.1. The van der Waals surface area contributed by atoms with Gasteiger partial charge in [-0.25, -0.2) is 0 Å². The quantitative estimate of drug-likeness (QED) is 0.641. The molecule has 0 saturated carbocycles. The van der Waals surface area contributed by atoms with Gasteiger partial charge in [-0.1, -0.05) is 6.07 Å². The van der Waals surface area contributed by atoms with Crippen LogP contribution in [-0.4, -0.2) is 72.6 Å². The van der Waals surface area contributed by atoms with Gasteiger partial charge in [-0.3, -0.25) is 14.6 Å². The molecule has 3 heterocycles. The van der Waals surface area contributed by atoms with Gasteiger partial charge < -0.3 is 24.0 Å². The monoisotopic (exact) mass is 453 g/mol. The Morgan fingerprint density at radius 2 is 1.94 bits per heavy atom. The van der Waals surface area contributed by atoms with Crippen LogP contribution < -0.4 is 9.47 Å². The lowest BCUT2D eigenvalue weighted by molar-refractivity contribution is -0.141. The van der Waals surface area contributed by atoms with Gasteiger partial charge in [-0.2, -0.15) is 0 Å². The van der Waals surface area contributed by atoms with E-state index in [9.17, 15) is 9.59 Å². The third-order valence-corrected chi connectivity index (χ3v) is 5.99. The number of aromatic nitrogens is 1. The number of morpholine rings is 1. The molecule has 2 aliphatic heterocycles. The van der Waals surface area contributed by atoms with Crippen molar-refractivity contribution >= 4 is 11.8 Å². The summed E-state index contributed by atoms with van der Waals surface area (Å²) < 4.78 is 17.0. The summed E-state index contributed by atoms with van der Waals surface area (Å²) in [4.78, 5) is 33.9. The minimum absolute atomic E-state index is 0.0887.